The standard InChI is InChI=1S/C4H10O.2C2H6O2/c1-2-3-4-5;2*3-1-2-4/h5H,2-4H2,1H3;2*3-4H,1-2H2. The fourth-order valence-corrected chi connectivity index (χ4v) is 0.158. The maximum absolute atomic E-state index is 8.07. The third-order valence-electron chi connectivity index (χ3n) is 0.712. The highest BCUT2D eigenvalue weighted by Crippen LogP contribution is 1.78. The average molecular weight is 198 g/mol. The van der Waals surface area contributed by atoms with Gasteiger partial charge in [-0.1, -0.05) is 13.3 Å². The molecule has 5 nitrogen and oxygen atoms in total. The number of aliphatic hydroxyl groups is 5. The van der Waals surface area contributed by atoms with Crippen molar-refractivity contribution < 1.29 is 25.5 Å². The lowest BCUT2D eigenvalue weighted by molar-refractivity contribution is 0.186. The summed E-state index contributed by atoms with van der Waals surface area (Å²) in [6.07, 6.45) is 2.04. The average Bonchev–Trinajstić information content (AvgIpc) is 2.20. The molecule has 5 N–H and O–H groups in total. The first-order valence-corrected chi connectivity index (χ1v) is 4.29. The molecule has 0 radical (unpaired) electrons. The van der Waals surface area contributed by atoms with Crippen LogP contribution in [0.4, 0.5) is 0 Å². The zero-order valence-electron chi connectivity index (χ0n) is 8.19. The highest BCUT2D eigenvalue weighted by Gasteiger charge is 1.69. The van der Waals surface area contributed by atoms with Crippen molar-refractivity contribution >= 4 is 0 Å². The summed E-state index contributed by atoms with van der Waals surface area (Å²) < 4.78 is 0. The van der Waals surface area contributed by atoms with Crippen LogP contribution in [-0.4, -0.2) is 58.6 Å². The Bertz CT molecular complexity index is 41.8. The van der Waals surface area contributed by atoms with Gasteiger partial charge in [0, 0.05) is 6.61 Å². The molecule has 0 aromatic heterocycles. The van der Waals surface area contributed by atoms with E-state index in [4.69, 9.17) is 25.5 Å². The molecule has 0 aromatic rings. The molecule has 0 rings (SSSR count). The fourth-order valence-electron chi connectivity index (χ4n) is 0.158. The van der Waals surface area contributed by atoms with Crippen molar-refractivity contribution in [2.45, 2.75) is 19.8 Å². The number of hydrogen-bond acceptors (Lipinski definition) is 5. The fraction of sp³-hybridized carbons (Fsp3) is 1.00. The van der Waals surface area contributed by atoms with E-state index in [1.54, 1.807) is 0 Å². The highest BCUT2D eigenvalue weighted by molar-refractivity contribution is 4.23. The van der Waals surface area contributed by atoms with Crippen LogP contribution in [0.3, 0.4) is 0 Å². The molecular weight excluding hydrogens is 176 g/mol. The number of aliphatic hydroxyl groups excluding tert-OH is 5. The van der Waals surface area contributed by atoms with Gasteiger partial charge in [0.25, 0.3) is 0 Å². The van der Waals surface area contributed by atoms with Crippen molar-refractivity contribution in [3.05, 3.63) is 0 Å². The van der Waals surface area contributed by atoms with Gasteiger partial charge in [-0.15, -0.1) is 0 Å². The third-order valence-corrected chi connectivity index (χ3v) is 0.712. The third kappa shape index (κ3) is 78.5. The predicted molar refractivity (Wildman–Crippen MR) is 50.3 cm³/mol. The lowest BCUT2D eigenvalue weighted by Crippen LogP contribution is -1.85. The van der Waals surface area contributed by atoms with Crippen molar-refractivity contribution in [1.82, 2.24) is 0 Å². The van der Waals surface area contributed by atoms with E-state index in [9.17, 15) is 0 Å². The Balaban J connectivity index is -0.000000117. The summed E-state index contributed by atoms with van der Waals surface area (Å²) in [4.78, 5) is 0. The second-order valence-electron chi connectivity index (χ2n) is 1.97. The first-order chi connectivity index (χ1) is 6.24. The summed E-state index contributed by atoms with van der Waals surface area (Å²) in [5.41, 5.74) is 0. The Hall–Kier alpha value is -0.200. The van der Waals surface area contributed by atoms with Gasteiger partial charge < -0.3 is 25.5 Å². The second-order valence-corrected chi connectivity index (χ2v) is 1.97. The maximum Gasteiger partial charge on any atom is 0.0662 e. The van der Waals surface area contributed by atoms with Crippen LogP contribution in [0.25, 0.3) is 0 Å². The second kappa shape index (κ2) is 29.8. The van der Waals surface area contributed by atoms with E-state index in [0.29, 0.717) is 6.61 Å². The molecule has 0 aliphatic rings. The first-order valence-electron chi connectivity index (χ1n) is 4.29. The first kappa shape index (κ1) is 18.6. The largest absolute Gasteiger partial charge is 0.396 e. The molecule has 0 spiro atoms. The minimum atomic E-state index is -0.125. The van der Waals surface area contributed by atoms with Crippen LogP contribution in [0.15, 0.2) is 0 Å². The Labute approximate surface area is 79.3 Å². The molecule has 0 heterocycles. The normalized spacial score (nSPS) is 7.85. The number of hydrogen-bond donors (Lipinski definition) is 5. The SMILES string of the molecule is CCCCO.OCCO.OCCO. The Morgan fingerprint density at radius 3 is 0.923 bits per heavy atom. The number of rotatable bonds is 4. The molecule has 0 saturated heterocycles. The molecule has 0 saturated carbocycles. The molecule has 0 aliphatic carbocycles. The van der Waals surface area contributed by atoms with Crippen LogP contribution >= 0.6 is 0 Å². The van der Waals surface area contributed by atoms with Crippen molar-refractivity contribution in [1.29, 1.82) is 0 Å². The minimum Gasteiger partial charge on any atom is -0.396 e. The molecule has 0 bridgehead atoms. The molecule has 0 aliphatic heterocycles. The van der Waals surface area contributed by atoms with Gasteiger partial charge in [0.2, 0.25) is 0 Å². The maximum atomic E-state index is 8.07. The van der Waals surface area contributed by atoms with E-state index in [0.717, 1.165) is 12.8 Å². The van der Waals surface area contributed by atoms with Gasteiger partial charge in [-0.2, -0.15) is 0 Å². The monoisotopic (exact) mass is 198 g/mol. The molecule has 0 aromatic carbocycles. The topological polar surface area (TPSA) is 101 Å². The molecule has 0 amide bonds. The van der Waals surface area contributed by atoms with E-state index in [1.807, 2.05) is 0 Å². The summed E-state index contributed by atoms with van der Waals surface area (Å²) >= 11 is 0. The van der Waals surface area contributed by atoms with Crippen molar-refractivity contribution in [2.24, 2.45) is 0 Å². The minimum absolute atomic E-state index is 0.125. The Kier molecular flexibility index (Phi) is 42.5. The molecule has 0 atom stereocenters. The Morgan fingerprint density at radius 2 is 0.923 bits per heavy atom. The van der Waals surface area contributed by atoms with Crippen molar-refractivity contribution in [2.75, 3.05) is 33.0 Å². The van der Waals surface area contributed by atoms with Gasteiger partial charge in [-0.3, -0.25) is 0 Å². The van der Waals surface area contributed by atoms with Gasteiger partial charge in [0.05, 0.1) is 26.4 Å². The van der Waals surface area contributed by atoms with E-state index in [2.05, 4.69) is 6.92 Å². The lowest BCUT2D eigenvalue weighted by atomic mass is 10.4. The summed E-state index contributed by atoms with van der Waals surface area (Å²) in [5, 5.41) is 38.6. The van der Waals surface area contributed by atoms with E-state index in [-0.39, 0.29) is 26.4 Å². The van der Waals surface area contributed by atoms with Gasteiger partial charge >= 0.3 is 0 Å². The highest BCUT2D eigenvalue weighted by atomic mass is 16.3. The summed E-state index contributed by atoms with van der Waals surface area (Å²) in [7, 11) is 0. The molecule has 84 valence electrons. The summed E-state index contributed by atoms with van der Waals surface area (Å²) in [6, 6.07) is 0. The molecular formula is C8H22O5. The smallest absolute Gasteiger partial charge is 0.0662 e. The van der Waals surface area contributed by atoms with E-state index < -0.39 is 0 Å². The van der Waals surface area contributed by atoms with Crippen LogP contribution < -0.4 is 0 Å². The molecule has 0 fully saturated rings. The van der Waals surface area contributed by atoms with E-state index >= 15 is 0 Å². The summed E-state index contributed by atoms with van der Waals surface area (Å²) in [5.74, 6) is 0. The van der Waals surface area contributed by atoms with Gasteiger partial charge in [0.15, 0.2) is 0 Å². The molecule has 13 heavy (non-hydrogen) atoms. The van der Waals surface area contributed by atoms with Gasteiger partial charge in [-0.25, -0.2) is 0 Å². The molecule has 5 heteroatoms. The number of unbranched alkanes of at least 4 members (excludes halogenated alkanes) is 1. The van der Waals surface area contributed by atoms with Crippen molar-refractivity contribution in [3.63, 3.8) is 0 Å². The van der Waals surface area contributed by atoms with E-state index in [1.165, 1.54) is 0 Å². The lowest BCUT2D eigenvalue weighted by Gasteiger charge is -1.79. The van der Waals surface area contributed by atoms with Crippen molar-refractivity contribution in [3.8, 4) is 0 Å². The van der Waals surface area contributed by atoms with Crippen LogP contribution in [0.5, 0.6) is 0 Å². The van der Waals surface area contributed by atoms with Crippen LogP contribution in [-0.2, 0) is 0 Å². The summed E-state index contributed by atoms with van der Waals surface area (Å²) in [6.45, 7) is 1.90. The zero-order chi connectivity index (χ0) is 10.9. The van der Waals surface area contributed by atoms with Crippen LogP contribution in [0.2, 0.25) is 0 Å². The Morgan fingerprint density at radius 1 is 0.615 bits per heavy atom. The zero-order valence-corrected chi connectivity index (χ0v) is 8.19. The quantitative estimate of drug-likeness (QED) is 0.387. The van der Waals surface area contributed by atoms with Gasteiger partial charge in [-0.05, 0) is 6.42 Å². The van der Waals surface area contributed by atoms with Crippen LogP contribution in [0, 0.1) is 0 Å². The predicted octanol–water partition coefficient (Wildman–Crippen LogP) is -1.28. The molecule has 0 unspecified atom stereocenters. The van der Waals surface area contributed by atoms with Crippen LogP contribution in [0.1, 0.15) is 19.8 Å². The van der Waals surface area contributed by atoms with Gasteiger partial charge in [0.1, 0.15) is 0 Å².